The lowest BCUT2D eigenvalue weighted by atomic mass is 9.73. The topological polar surface area (TPSA) is 65.3 Å². The summed E-state index contributed by atoms with van der Waals surface area (Å²) in [6, 6.07) is 0.417. The third kappa shape index (κ3) is 5.91. The van der Waals surface area contributed by atoms with Crippen molar-refractivity contribution in [2.75, 3.05) is 26.3 Å². The summed E-state index contributed by atoms with van der Waals surface area (Å²) in [4.78, 5) is 2.39. The van der Waals surface area contributed by atoms with Crippen LogP contribution in [0.4, 0.5) is 8.78 Å². The first-order chi connectivity index (χ1) is 14.3. The maximum atomic E-state index is 15.6. The van der Waals surface area contributed by atoms with Crippen molar-refractivity contribution in [3.05, 3.63) is 0 Å². The van der Waals surface area contributed by atoms with Gasteiger partial charge in [-0.3, -0.25) is 20.9 Å². The Hall–Kier alpha value is -0.340. The molecular formula is C23H45F2N5. The predicted octanol–water partition coefficient (Wildman–Crippen LogP) is 3.11. The molecule has 2 heterocycles. The molecule has 0 aromatic carbocycles. The Morgan fingerprint density at radius 3 is 2.53 bits per heavy atom. The Labute approximate surface area is 182 Å². The molecule has 176 valence electrons. The second-order valence-electron chi connectivity index (χ2n) is 10.4. The molecule has 1 aliphatic carbocycles. The molecule has 2 aliphatic heterocycles. The highest BCUT2D eigenvalue weighted by Crippen LogP contribution is 2.42. The van der Waals surface area contributed by atoms with Gasteiger partial charge in [-0.25, -0.2) is 8.78 Å². The van der Waals surface area contributed by atoms with Crippen LogP contribution in [0.15, 0.2) is 0 Å². The average molecular weight is 430 g/mol. The van der Waals surface area contributed by atoms with E-state index in [4.69, 9.17) is 5.73 Å². The maximum Gasteiger partial charge on any atom is 0.157 e. The van der Waals surface area contributed by atoms with Crippen molar-refractivity contribution in [3.8, 4) is 0 Å². The van der Waals surface area contributed by atoms with Crippen molar-refractivity contribution in [1.82, 2.24) is 20.9 Å². The van der Waals surface area contributed by atoms with E-state index in [2.05, 4.69) is 27.8 Å². The van der Waals surface area contributed by atoms with Crippen molar-refractivity contribution in [2.24, 2.45) is 23.5 Å². The predicted molar refractivity (Wildman–Crippen MR) is 119 cm³/mol. The summed E-state index contributed by atoms with van der Waals surface area (Å²) in [6.45, 7) is 8.54. The lowest BCUT2D eigenvalue weighted by molar-refractivity contribution is -0.00733. The Morgan fingerprint density at radius 1 is 1.17 bits per heavy atom. The van der Waals surface area contributed by atoms with Gasteiger partial charge in [-0.1, -0.05) is 13.3 Å². The van der Waals surface area contributed by atoms with Crippen LogP contribution in [0.3, 0.4) is 0 Å². The number of nitrogens with zero attached hydrogens (tertiary/aromatic N) is 1. The molecular weight excluding hydrogens is 384 g/mol. The van der Waals surface area contributed by atoms with Gasteiger partial charge in [0.15, 0.2) is 6.17 Å². The highest BCUT2D eigenvalue weighted by atomic mass is 19.1. The summed E-state index contributed by atoms with van der Waals surface area (Å²) in [5, 5.41) is 10.0. The van der Waals surface area contributed by atoms with Crippen molar-refractivity contribution in [1.29, 1.82) is 0 Å². The first kappa shape index (κ1) is 24.3. The SMILES string of the molecule is CCCC(CN)CNC1NCNC(N2CCCC2C2CCC(C(C)(C)F)CC2)C1F. The molecule has 5 atom stereocenters. The highest BCUT2D eigenvalue weighted by molar-refractivity contribution is 4.97. The number of nitrogens with one attached hydrogen (secondary N) is 3. The first-order valence-corrected chi connectivity index (χ1v) is 12.3. The van der Waals surface area contributed by atoms with Gasteiger partial charge in [0, 0.05) is 25.8 Å². The molecule has 5 nitrogen and oxygen atoms in total. The number of nitrogens with two attached hydrogens (primary N) is 1. The van der Waals surface area contributed by atoms with Crippen LogP contribution in [0.2, 0.25) is 0 Å². The molecule has 0 bridgehead atoms. The van der Waals surface area contributed by atoms with E-state index in [0.29, 0.717) is 31.1 Å². The molecule has 0 amide bonds. The zero-order chi connectivity index (χ0) is 21.7. The fourth-order valence-electron chi connectivity index (χ4n) is 6.03. The van der Waals surface area contributed by atoms with Crippen molar-refractivity contribution < 1.29 is 8.78 Å². The summed E-state index contributed by atoms with van der Waals surface area (Å²) >= 11 is 0. The number of likely N-dealkylation sites (tertiary alicyclic amines) is 1. The molecule has 3 rings (SSSR count). The number of alkyl halides is 2. The Kier molecular flexibility index (Phi) is 8.91. The molecule has 0 spiro atoms. The van der Waals surface area contributed by atoms with Crippen molar-refractivity contribution >= 4 is 0 Å². The van der Waals surface area contributed by atoms with Crippen LogP contribution in [-0.4, -0.2) is 61.4 Å². The summed E-state index contributed by atoms with van der Waals surface area (Å²) in [5.74, 6) is 1.13. The molecule has 0 aromatic rings. The van der Waals surface area contributed by atoms with E-state index in [1.807, 2.05) is 0 Å². The van der Waals surface area contributed by atoms with Gasteiger partial charge in [0.2, 0.25) is 0 Å². The molecule has 5 unspecified atom stereocenters. The largest absolute Gasteiger partial charge is 0.330 e. The smallest absolute Gasteiger partial charge is 0.157 e. The molecule has 3 fully saturated rings. The molecule has 1 saturated carbocycles. The standard InChI is InChI=1S/C23H45F2N5/c1-4-6-16(13-26)14-27-21-20(24)22(29-15-28-21)30-12-5-7-19(30)17-8-10-18(11-9-17)23(2,3)25/h16-22,27-29H,4-15,26H2,1-3H3. The summed E-state index contributed by atoms with van der Waals surface area (Å²) in [6.07, 6.45) is 6.87. The third-order valence-electron chi connectivity index (χ3n) is 7.90. The number of hydrogen-bond acceptors (Lipinski definition) is 5. The lowest BCUT2D eigenvalue weighted by Crippen LogP contribution is -2.69. The van der Waals surface area contributed by atoms with E-state index in [1.54, 1.807) is 13.8 Å². The van der Waals surface area contributed by atoms with E-state index >= 15 is 4.39 Å². The summed E-state index contributed by atoms with van der Waals surface area (Å²) in [7, 11) is 0. The van der Waals surface area contributed by atoms with Gasteiger partial charge in [0.1, 0.15) is 5.67 Å². The Bertz CT molecular complexity index is 506. The summed E-state index contributed by atoms with van der Waals surface area (Å²) < 4.78 is 29.9. The lowest BCUT2D eigenvalue weighted by Gasteiger charge is -2.45. The highest BCUT2D eigenvalue weighted by Gasteiger charge is 2.44. The van der Waals surface area contributed by atoms with Crippen LogP contribution in [0.1, 0.15) is 72.1 Å². The average Bonchev–Trinajstić information content (AvgIpc) is 3.21. The Balaban J connectivity index is 1.56. The monoisotopic (exact) mass is 429 g/mol. The fourth-order valence-corrected chi connectivity index (χ4v) is 6.03. The second kappa shape index (κ2) is 11.0. The molecule has 5 N–H and O–H groups in total. The van der Waals surface area contributed by atoms with Crippen LogP contribution in [-0.2, 0) is 0 Å². The Morgan fingerprint density at radius 2 is 1.90 bits per heavy atom. The molecule has 7 heteroatoms. The zero-order valence-corrected chi connectivity index (χ0v) is 19.3. The van der Waals surface area contributed by atoms with Crippen LogP contribution in [0.5, 0.6) is 0 Å². The van der Waals surface area contributed by atoms with Crippen LogP contribution in [0, 0.1) is 17.8 Å². The minimum atomic E-state index is -1.08. The first-order valence-electron chi connectivity index (χ1n) is 12.3. The molecule has 0 radical (unpaired) electrons. The molecule has 30 heavy (non-hydrogen) atoms. The van der Waals surface area contributed by atoms with Crippen molar-refractivity contribution in [2.45, 2.75) is 102 Å². The quantitative estimate of drug-likeness (QED) is 0.454. The van der Waals surface area contributed by atoms with Crippen LogP contribution in [0.25, 0.3) is 0 Å². The van der Waals surface area contributed by atoms with Gasteiger partial charge in [-0.2, -0.15) is 0 Å². The molecule has 0 aromatic heterocycles. The third-order valence-corrected chi connectivity index (χ3v) is 7.90. The molecule has 3 aliphatic rings. The van der Waals surface area contributed by atoms with Crippen LogP contribution < -0.4 is 21.7 Å². The number of rotatable bonds is 9. The zero-order valence-electron chi connectivity index (χ0n) is 19.3. The van der Waals surface area contributed by atoms with Gasteiger partial charge >= 0.3 is 0 Å². The summed E-state index contributed by atoms with van der Waals surface area (Å²) in [5.41, 5.74) is 4.79. The van der Waals surface area contributed by atoms with E-state index in [1.165, 1.54) is 0 Å². The van der Waals surface area contributed by atoms with E-state index in [9.17, 15) is 4.39 Å². The normalized spacial score (nSPS) is 37.4. The number of halogens is 2. The van der Waals surface area contributed by atoms with Gasteiger partial charge in [0.25, 0.3) is 0 Å². The minimum Gasteiger partial charge on any atom is -0.330 e. The van der Waals surface area contributed by atoms with Crippen LogP contribution >= 0.6 is 0 Å². The van der Waals surface area contributed by atoms with Crippen molar-refractivity contribution in [3.63, 3.8) is 0 Å². The van der Waals surface area contributed by atoms with E-state index in [-0.39, 0.29) is 18.2 Å². The fraction of sp³-hybridized carbons (Fsp3) is 1.00. The van der Waals surface area contributed by atoms with Gasteiger partial charge < -0.3 is 5.73 Å². The van der Waals surface area contributed by atoms with E-state index < -0.39 is 11.8 Å². The van der Waals surface area contributed by atoms with Gasteiger partial charge in [0.05, 0.1) is 12.3 Å². The van der Waals surface area contributed by atoms with E-state index in [0.717, 1.165) is 64.5 Å². The van der Waals surface area contributed by atoms with Gasteiger partial charge in [-0.05, 0) is 83.1 Å². The maximum absolute atomic E-state index is 15.6. The number of hydrogen-bond donors (Lipinski definition) is 4. The minimum absolute atomic E-state index is 0.168. The second-order valence-corrected chi connectivity index (χ2v) is 10.4. The van der Waals surface area contributed by atoms with Gasteiger partial charge in [-0.15, -0.1) is 0 Å². The molecule has 2 saturated heterocycles.